The van der Waals surface area contributed by atoms with E-state index in [1.165, 1.54) is 16.9 Å². The van der Waals surface area contributed by atoms with Crippen molar-refractivity contribution in [3.05, 3.63) is 59.4 Å². The lowest BCUT2D eigenvalue weighted by Gasteiger charge is -2.12. The van der Waals surface area contributed by atoms with Gasteiger partial charge < -0.3 is 0 Å². The van der Waals surface area contributed by atoms with E-state index in [4.69, 9.17) is 0 Å². The molecular weight excluding hydrogens is 257 g/mol. The summed E-state index contributed by atoms with van der Waals surface area (Å²) in [4.78, 5) is 8.23. The normalized spacial score (nSPS) is 12.2. The predicted molar refractivity (Wildman–Crippen MR) is 69.4 cm³/mol. The summed E-state index contributed by atoms with van der Waals surface area (Å²) in [7, 11) is 0. The van der Waals surface area contributed by atoms with Crippen LogP contribution in [0.15, 0.2) is 36.7 Å². The molecule has 5 nitrogen and oxygen atoms in total. The average Bonchev–Trinajstić information content (AvgIpc) is 2.89. The molecule has 1 aromatic carbocycles. The van der Waals surface area contributed by atoms with Gasteiger partial charge in [0.25, 0.3) is 5.78 Å². The van der Waals surface area contributed by atoms with Crippen LogP contribution in [-0.2, 0) is 0 Å². The van der Waals surface area contributed by atoms with Gasteiger partial charge in [0, 0.05) is 11.3 Å². The molecule has 0 aliphatic rings. The molecule has 0 saturated carbocycles. The number of nitrogens with zero attached hydrogens (tertiary/aromatic N) is 5. The van der Waals surface area contributed by atoms with Crippen LogP contribution in [0.5, 0.6) is 0 Å². The van der Waals surface area contributed by atoms with Crippen molar-refractivity contribution in [2.75, 3.05) is 0 Å². The largest absolute Gasteiger partial charge is 0.252 e. The maximum absolute atomic E-state index is 13.9. The van der Waals surface area contributed by atoms with E-state index in [2.05, 4.69) is 21.1 Å². The highest BCUT2D eigenvalue weighted by Crippen LogP contribution is 2.26. The van der Waals surface area contributed by atoms with Gasteiger partial charge in [0.15, 0.2) is 0 Å². The fourth-order valence-corrected chi connectivity index (χ4v) is 2.17. The quantitative estimate of drug-likeness (QED) is 0.714. The molecule has 1 atom stereocenters. The summed E-state index contributed by atoms with van der Waals surface area (Å²) in [5.74, 6) is -0.777. The second-order valence-corrected chi connectivity index (χ2v) is 4.38. The highest BCUT2D eigenvalue weighted by Gasteiger charge is 2.21. The summed E-state index contributed by atoms with van der Waals surface area (Å²) < 4.78 is 15.4. The first kappa shape index (κ1) is 12.2. The Labute approximate surface area is 114 Å². The van der Waals surface area contributed by atoms with Crippen LogP contribution in [0, 0.1) is 24.1 Å². The molecule has 0 N–H and O–H groups in total. The van der Waals surface area contributed by atoms with Crippen molar-refractivity contribution in [1.29, 1.82) is 5.26 Å². The molecule has 2 aromatic heterocycles. The Morgan fingerprint density at radius 1 is 1.35 bits per heavy atom. The van der Waals surface area contributed by atoms with Crippen LogP contribution in [-0.4, -0.2) is 19.6 Å². The first-order chi connectivity index (χ1) is 9.70. The molecule has 3 rings (SSSR count). The number of hydrogen-bond acceptors (Lipinski definition) is 4. The molecule has 0 aliphatic carbocycles. The summed E-state index contributed by atoms with van der Waals surface area (Å²) in [5.41, 5.74) is 1.58. The predicted octanol–water partition coefficient (Wildman–Crippen LogP) is 2.23. The third kappa shape index (κ3) is 1.89. The third-order valence-electron chi connectivity index (χ3n) is 3.05. The Morgan fingerprint density at radius 3 is 2.90 bits per heavy atom. The van der Waals surface area contributed by atoms with E-state index in [0.29, 0.717) is 22.7 Å². The smallest absolute Gasteiger partial charge is 0.216 e. The molecule has 0 amide bonds. The van der Waals surface area contributed by atoms with Crippen molar-refractivity contribution in [3.63, 3.8) is 0 Å². The van der Waals surface area contributed by atoms with E-state index in [1.807, 2.05) is 0 Å². The molecule has 98 valence electrons. The summed E-state index contributed by atoms with van der Waals surface area (Å²) in [6, 6.07) is 10.1. The van der Waals surface area contributed by atoms with Gasteiger partial charge in [0.2, 0.25) is 0 Å². The Balaban J connectivity index is 2.25. The molecule has 0 radical (unpaired) electrons. The zero-order chi connectivity index (χ0) is 14.1. The second kappa shape index (κ2) is 4.70. The SMILES string of the molecule is Cc1cc([C@@H](C#N)c2ccccc2F)n2ncnc2n1. The minimum absolute atomic E-state index is 0.317. The number of hydrogen-bond donors (Lipinski definition) is 0. The van der Waals surface area contributed by atoms with E-state index in [9.17, 15) is 9.65 Å². The first-order valence-corrected chi connectivity index (χ1v) is 6.02. The Bertz CT molecular complexity index is 818. The van der Waals surface area contributed by atoms with E-state index in [0.717, 1.165) is 0 Å². The first-order valence-electron chi connectivity index (χ1n) is 6.02. The van der Waals surface area contributed by atoms with E-state index in [1.54, 1.807) is 31.2 Å². The molecule has 6 heteroatoms. The third-order valence-corrected chi connectivity index (χ3v) is 3.05. The van der Waals surface area contributed by atoms with Gasteiger partial charge >= 0.3 is 0 Å². The molecule has 0 spiro atoms. The maximum Gasteiger partial charge on any atom is 0.252 e. The zero-order valence-corrected chi connectivity index (χ0v) is 10.7. The number of nitriles is 1. The van der Waals surface area contributed by atoms with E-state index < -0.39 is 11.7 Å². The topological polar surface area (TPSA) is 66.9 Å². The van der Waals surface area contributed by atoms with Crippen molar-refractivity contribution in [2.45, 2.75) is 12.8 Å². The maximum atomic E-state index is 13.9. The minimum Gasteiger partial charge on any atom is -0.216 e. The molecule has 3 aromatic rings. The lowest BCUT2D eigenvalue weighted by Crippen LogP contribution is -2.09. The van der Waals surface area contributed by atoms with Gasteiger partial charge in [-0.2, -0.15) is 19.9 Å². The number of aromatic nitrogens is 4. The van der Waals surface area contributed by atoms with Gasteiger partial charge in [0.1, 0.15) is 18.1 Å². The summed E-state index contributed by atoms with van der Waals surface area (Å²) >= 11 is 0. The molecule has 0 unspecified atom stereocenters. The van der Waals surface area contributed by atoms with Crippen molar-refractivity contribution >= 4 is 5.78 Å². The van der Waals surface area contributed by atoms with Crippen LogP contribution in [0.2, 0.25) is 0 Å². The molecular formula is C14H10FN5. The van der Waals surface area contributed by atoms with Crippen LogP contribution in [0.4, 0.5) is 4.39 Å². The summed E-state index contributed by atoms with van der Waals surface area (Å²) in [5, 5.41) is 13.5. The highest BCUT2D eigenvalue weighted by atomic mass is 19.1. The Morgan fingerprint density at radius 2 is 2.15 bits per heavy atom. The van der Waals surface area contributed by atoms with Gasteiger partial charge in [-0.15, -0.1) is 0 Å². The monoisotopic (exact) mass is 267 g/mol. The zero-order valence-electron chi connectivity index (χ0n) is 10.7. The lowest BCUT2D eigenvalue weighted by atomic mass is 9.96. The summed E-state index contributed by atoms with van der Waals surface area (Å²) in [6.07, 6.45) is 1.36. The van der Waals surface area contributed by atoms with Gasteiger partial charge in [-0.1, -0.05) is 18.2 Å². The molecule has 0 saturated heterocycles. The Hall–Kier alpha value is -2.81. The highest BCUT2D eigenvalue weighted by molar-refractivity contribution is 5.40. The molecule has 0 fully saturated rings. The van der Waals surface area contributed by atoms with Crippen LogP contribution >= 0.6 is 0 Å². The van der Waals surface area contributed by atoms with Crippen LogP contribution < -0.4 is 0 Å². The van der Waals surface area contributed by atoms with Crippen LogP contribution in [0.1, 0.15) is 22.9 Å². The van der Waals surface area contributed by atoms with Gasteiger partial charge in [-0.3, -0.25) is 0 Å². The van der Waals surface area contributed by atoms with E-state index >= 15 is 0 Å². The van der Waals surface area contributed by atoms with E-state index in [-0.39, 0.29) is 0 Å². The fraction of sp³-hybridized carbons (Fsp3) is 0.143. The number of rotatable bonds is 2. The van der Waals surface area contributed by atoms with Crippen molar-refractivity contribution in [3.8, 4) is 6.07 Å². The number of halogens is 1. The molecule has 20 heavy (non-hydrogen) atoms. The molecule has 2 heterocycles. The summed E-state index contributed by atoms with van der Waals surface area (Å²) in [6.45, 7) is 1.80. The standard InChI is InChI=1S/C14H10FN5/c1-9-6-13(20-14(19-9)17-8-18-20)11(7-16)10-4-2-3-5-12(10)15/h2-6,8,11H,1H3/t11-/m0/s1. The lowest BCUT2D eigenvalue weighted by molar-refractivity contribution is 0.606. The van der Waals surface area contributed by atoms with Crippen LogP contribution in [0.3, 0.4) is 0 Å². The van der Waals surface area contributed by atoms with Gasteiger partial charge in [-0.25, -0.2) is 9.37 Å². The second-order valence-electron chi connectivity index (χ2n) is 4.38. The average molecular weight is 267 g/mol. The number of fused-ring (bicyclic) bond motifs is 1. The van der Waals surface area contributed by atoms with Crippen molar-refractivity contribution in [2.24, 2.45) is 0 Å². The van der Waals surface area contributed by atoms with Crippen LogP contribution in [0.25, 0.3) is 5.78 Å². The van der Waals surface area contributed by atoms with Gasteiger partial charge in [-0.05, 0) is 19.1 Å². The van der Waals surface area contributed by atoms with Gasteiger partial charge in [0.05, 0.1) is 11.8 Å². The van der Waals surface area contributed by atoms with Crippen molar-refractivity contribution in [1.82, 2.24) is 19.6 Å². The fourth-order valence-electron chi connectivity index (χ4n) is 2.17. The van der Waals surface area contributed by atoms with Crippen molar-refractivity contribution < 1.29 is 4.39 Å². The number of aryl methyl sites for hydroxylation is 1. The number of benzene rings is 1. The minimum atomic E-state index is -0.762. The molecule has 0 aliphatic heterocycles. The molecule has 0 bridgehead atoms. The Kier molecular flexibility index (Phi) is 2.88.